The average Bonchev–Trinajstić information content (AvgIpc) is 3.15. The normalized spacial score (nSPS) is 14.8. The maximum absolute atomic E-state index is 13.0. The number of benzene rings is 1. The molecule has 0 spiro atoms. The highest BCUT2D eigenvalue weighted by Gasteiger charge is 2.24. The Bertz CT molecular complexity index is 1230. The minimum Gasteiger partial charge on any atom is -0.383 e. The molecular formula is C22H28N6O3S. The van der Waals surface area contributed by atoms with Crippen LogP contribution in [0.15, 0.2) is 42.6 Å². The van der Waals surface area contributed by atoms with E-state index in [2.05, 4.69) is 38.8 Å². The molecule has 1 aliphatic rings. The van der Waals surface area contributed by atoms with Crippen molar-refractivity contribution in [1.82, 2.24) is 14.9 Å². The molecule has 0 bridgehead atoms. The lowest BCUT2D eigenvalue weighted by Gasteiger charge is -2.35. The van der Waals surface area contributed by atoms with Crippen molar-refractivity contribution >= 4 is 44.0 Å². The Hall–Kier alpha value is -3.27. The number of H-pyrrole nitrogens is 1. The third kappa shape index (κ3) is 5.13. The Labute approximate surface area is 187 Å². The molecule has 1 aliphatic heterocycles. The second kappa shape index (κ2) is 8.70. The molecule has 0 unspecified atom stereocenters. The summed E-state index contributed by atoms with van der Waals surface area (Å²) in [4.78, 5) is 24.7. The fraction of sp³-hybridized carbons (Fsp3) is 0.364. The molecule has 0 radical (unpaired) electrons. The Morgan fingerprint density at radius 1 is 1.06 bits per heavy atom. The number of carbonyl (C=O) groups is 1. The van der Waals surface area contributed by atoms with E-state index in [9.17, 15) is 13.2 Å². The van der Waals surface area contributed by atoms with Crippen LogP contribution < -0.4 is 14.9 Å². The molecule has 0 aliphatic carbocycles. The fourth-order valence-corrected chi connectivity index (χ4v) is 4.40. The number of piperazine rings is 1. The van der Waals surface area contributed by atoms with Gasteiger partial charge in [-0.05, 0) is 44.2 Å². The van der Waals surface area contributed by atoms with Gasteiger partial charge in [0.2, 0.25) is 10.0 Å². The summed E-state index contributed by atoms with van der Waals surface area (Å²) >= 11 is 0. The molecule has 3 aromatic rings. The van der Waals surface area contributed by atoms with E-state index < -0.39 is 10.0 Å². The van der Waals surface area contributed by atoms with Gasteiger partial charge in [0.25, 0.3) is 5.91 Å². The molecule has 0 saturated carbocycles. The number of carbonyl (C=O) groups excluding carboxylic acids is 1. The average molecular weight is 457 g/mol. The van der Waals surface area contributed by atoms with Gasteiger partial charge in [0, 0.05) is 66.8 Å². The fourth-order valence-electron chi connectivity index (χ4n) is 3.85. The quantitative estimate of drug-likeness (QED) is 0.526. The molecule has 1 saturated heterocycles. The number of sulfonamides is 1. The summed E-state index contributed by atoms with van der Waals surface area (Å²) < 4.78 is 25.4. The number of pyridine rings is 1. The first kappa shape index (κ1) is 21.9. The van der Waals surface area contributed by atoms with E-state index in [-0.39, 0.29) is 5.91 Å². The number of amides is 1. The molecule has 0 atom stereocenters. The number of hydrogen-bond donors (Lipinski definition) is 3. The molecule has 1 fully saturated rings. The Morgan fingerprint density at radius 3 is 2.50 bits per heavy atom. The lowest BCUT2D eigenvalue weighted by molar-refractivity contribution is 0.0741. The molecule has 2 aromatic heterocycles. The van der Waals surface area contributed by atoms with Gasteiger partial charge < -0.3 is 20.1 Å². The highest BCUT2D eigenvalue weighted by molar-refractivity contribution is 7.92. The van der Waals surface area contributed by atoms with E-state index in [0.29, 0.717) is 43.6 Å². The van der Waals surface area contributed by atoms with Crippen molar-refractivity contribution in [2.45, 2.75) is 19.9 Å². The highest BCUT2D eigenvalue weighted by atomic mass is 32.2. The van der Waals surface area contributed by atoms with E-state index in [1.165, 1.54) is 0 Å². The maximum atomic E-state index is 13.0. The molecule has 3 heterocycles. The first-order chi connectivity index (χ1) is 15.2. The summed E-state index contributed by atoms with van der Waals surface area (Å²) in [7, 11) is -3.36. The topological polar surface area (TPSA) is 110 Å². The summed E-state index contributed by atoms with van der Waals surface area (Å²) in [6, 6.07) is 11.2. The van der Waals surface area contributed by atoms with Crippen molar-refractivity contribution in [3.05, 3.63) is 48.3 Å². The molecule has 3 N–H and O–H groups in total. The number of nitrogens with one attached hydrogen (secondary N) is 3. The molecule has 9 nitrogen and oxygen atoms in total. The van der Waals surface area contributed by atoms with Crippen LogP contribution in [0.1, 0.15) is 24.3 Å². The lowest BCUT2D eigenvalue weighted by Crippen LogP contribution is -2.49. The smallest absolute Gasteiger partial charge is 0.270 e. The van der Waals surface area contributed by atoms with E-state index >= 15 is 0 Å². The van der Waals surface area contributed by atoms with Gasteiger partial charge >= 0.3 is 0 Å². The zero-order valence-electron chi connectivity index (χ0n) is 18.4. The van der Waals surface area contributed by atoms with Crippen LogP contribution in [0.5, 0.6) is 0 Å². The number of aromatic amines is 1. The summed E-state index contributed by atoms with van der Waals surface area (Å²) in [5.41, 5.74) is 2.77. The number of aromatic nitrogens is 2. The first-order valence-corrected chi connectivity index (χ1v) is 12.4. The van der Waals surface area contributed by atoms with E-state index in [4.69, 9.17) is 0 Å². The number of anilines is 3. The molecule has 4 rings (SSSR count). The monoisotopic (exact) mass is 456 g/mol. The lowest BCUT2D eigenvalue weighted by atomic mass is 10.2. The summed E-state index contributed by atoms with van der Waals surface area (Å²) in [5, 5.41) is 4.17. The number of nitrogens with zero attached hydrogens (tertiary/aromatic N) is 3. The van der Waals surface area contributed by atoms with Crippen LogP contribution in [0.2, 0.25) is 0 Å². The van der Waals surface area contributed by atoms with Gasteiger partial charge in [0.1, 0.15) is 11.5 Å². The van der Waals surface area contributed by atoms with E-state index in [1.54, 1.807) is 30.5 Å². The molecule has 1 amide bonds. The van der Waals surface area contributed by atoms with Crippen molar-refractivity contribution in [1.29, 1.82) is 0 Å². The Morgan fingerprint density at radius 2 is 1.81 bits per heavy atom. The zero-order valence-corrected chi connectivity index (χ0v) is 19.2. The Balaban J connectivity index is 1.42. The van der Waals surface area contributed by atoms with E-state index in [0.717, 1.165) is 28.7 Å². The largest absolute Gasteiger partial charge is 0.383 e. The minimum atomic E-state index is -3.36. The van der Waals surface area contributed by atoms with Crippen LogP contribution in [0.3, 0.4) is 0 Å². The summed E-state index contributed by atoms with van der Waals surface area (Å²) in [5.74, 6) is 0.834. The molecular weight excluding hydrogens is 428 g/mol. The standard InChI is InChI=1S/C22H28N6O3S/c1-15(2)24-17-6-7-23-21(14-17)27-8-10-28(11-9-27)22(29)20-13-16-12-18(26-32(3,30)31)4-5-19(16)25-20/h4-7,12-15,25-26H,8-11H2,1-3H3,(H,23,24). The molecule has 1 aromatic carbocycles. The second-order valence-corrected chi connectivity index (χ2v) is 10.1. The van der Waals surface area contributed by atoms with Gasteiger partial charge in [0.05, 0.1) is 6.26 Å². The second-order valence-electron chi connectivity index (χ2n) is 8.34. The van der Waals surface area contributed by atoms with Crippen molar-refractivity contribution in [3.63, 3.8) is 0 Å². The van der Waals surface area contributed by atoms with E-state index in [1.807, 2.05) is 17.0 Å². The SMILES string of the molecule is CC(C)Nc1ccnc(N2CCN(C(=O)c3cc4cc(NS(C)(=O)=O)ccc4[nH]3)CC2)c1. The maximum Gasteiger partial charge on any atom is 0.270 e. The number of rotatable bonds is 6. The van der Waals surface area contributed by atoms with Gasteiger partial charge in [-0.3, -0.25) is 9.52 Å². The van der Waals surface area contributed by atoms with Crippen LogP contribution >= 0.6 is 0 Å². The van der Waals surface area contributed by atoms with Crippen LogP contribution in [-0.4, -0.2) is 67.7 Å². The van der Waals surface area contributed by atoms with Gasteiger partial charge in [0.15, 0.2) is 0 Å². The third-order valence-corrected chi connectivity index (χ3v) is 5.85. The molecule has 170 valence electrons. The zero-order chi connectivity index (χ0) is 22.9. The van der Waals surface area contributed by atoms with Crippen LogP contribution in [0, 0.1) is 0 Å². The first-order valence-electron chi connectivity index (χ1n) is 10.6. The minimum absolute atomic E-state index is 0.0679. The Kier molecular flexibility index (Phi) is 5.96. The van der Waals surface area contributed by atoms with Crippen molar-refractivity contribution in [2.24, 2.45) is 0 Å². The van der Waals surface area contributed by atoms with Crippen LogP contribution in [0.25, 0.3) is 10.9 Å². The predicted octanol–water partition coefficient (Wildman–Crippen LogP) is 2.72. The van der Waals surface area contributed by atoms with Crippen molar-refractivity contribution < 1.29 is 13.2 Å². The third-order valence-electron chi connectivity index (χ3n) is 5.25. The van der Waals surface area contributed by atoms with Crippen LogP contribution in [0.4, 0.5) is 17.2 Å². The van der Waals surface area contributed by atoms with Crippen molar-refractivity contribution in [3.8, 4) is 0 Å². The number of fused-ring (bicyclic) bond motifs is 1. The number of hydrogen-bond acceptors (Lipinski definition) is 6. The van der Waals surface area contributed by atoms with Gasteiger partial charge in [-0.15, -0.1) is 0 Å². The molecule has 10 heteroatoms. The van der Waals surface area contributed by atoms with Crippen molar-refractivity contribution in [2.75, 3.05) is 47.4 Å². The van der Waals surface area contributed by atoms with Gasteiger partial charge in [-0.1, -0.05) is 0 Å². The van der Waals surface area contributed by atoms with Crippen LogP contribution in [-0.2, 0) is 10.0 Å². The summed E-state index contributed by atoms with van der Waals surface area (Å²) in [6.07, 6.45) is 2.91. The highest BCUT2D eigenvalue weighted by Crippen LogP contribution is 2.23. The van der Waals surface area contributed by atoms with Gasteiger partial charge in [-0.2, -0.15) is 0 Å². The molecule has 32 heavy (non-hydrogen) atoms. The summed E-state index contributed by atoms with van der Waals surface area (Å²) in [6.45, 7) is 6.78. The van der Waals surface area contributed by atoms with Gasteiger partial charge in [-0.25, -0.2) is 13.4 Å². The predicted molar refractivity (Wildman–Crippen MR) is 128 cm³/mol.